The number of nitrogens with zero attached hydrogens (tertiary/aromatic N) is 2. The van der Waals surface area contributed by atoms with Gasteiger partial charge in [0.05, 0.1) is 0 Å². The topological polar surface area (TPSA) is 56.0 Å². The lowest BCUT2D eigenvalue weighted by molar-refractivity contribution is 0.102. The van der Waals surface area contributed by atoms with Crippen LogP contribution >= 0.6 is 0 Å². The molecule has 0 aliphatic rings. The van der Waals surface area contributed by atoms with Crippen molar-refractivity contribution in [1.29, 1.82) is 0 Å². The predicted molar refractivity (Wildman–Crippen MR) is 88.2 cm³/mol. The largest absolute Gasteiger partial charge is 0.333 e. The number of unbranched alkanes of at least 4 members (excludes halogenated alkanes) is 1. The molecule has 2 aromatic carbocycles. The van der Waals surface area contributed by atoms with E-state index in [1.54, 1.807) is 0 Å². The van der Waals surface area contributed by atoms with Gasteiger partial charge in [-0.25, -0.2) is 0 Å². The second-order valence-corrected chi connectivity index (χ2v) is 5.42. The smallest absolute Gasteiger partial charge is 0.258 e. The molecule has 0 aliphatic heterocycles. The molecule has 0 saturated heterocycles. The quantitative estimate of drug-likeness (QED) is 0.637. The SMILES string of the molecule is CCCCc1ccc(C(=O)c2noc(-c3ccccc3)n2)cc1. The highest BCUT2D eigenvalue weighted by atomic mass is 16.5. The number of hydrogen-bond acceptors (Lipinski definition) is 4. The van der Waals surface area contributed by atoms with E-state index in [2.05, 4.69) is 17.1 Å². The van der Waals surface area contributed by atoms with Crippen LogP contribution in [0.15, 0.2) is 59.1 Å². The van der Waals surface area contributed by atoms with Gasteiger partial charge in [-0.2, -0.15) is 4.98 Å². The first-order valence-electron chi connectivity index (χ1n) is 7.80. The Morgan fingerprint density at radius 1 is 1.04 bits per heavy atom. The Labute approximate surface area is 135 Å². The average molecular weight is 306 g/mol. The van der Waals surface area contributed by atoms with Crippen LogP contribution in [-0.2, 0) is 6.42 Å². The first kappa shape index (κ1) is 15.2. The average Bonchev–Trinajstić information content (AvgIpc) is 3.11. The Bertz CT molecular complexity index is 777. The van der Waals surface area contributed by atoms with Gasteiger partial charge in [0, 0.05) is 11.1 Å². The number of rotatable bonds is 6. The molecule has 0 N–H and O–H groups in total. The van der Waals surface area contributed by atoms with Gasteiger partial charge in [-0.15, -0.1) is 0 Å². The molecule has 116 valence electrons. The monoisotopic (exact) mass is 306 g/mol. The standard InChI is InChI=1S/C19H18N2O2/c1-2-3-7-14-10-12-15(13-11-14)17(22)18-20-19(23-21-18)16-8-5-4-6-9-16/h4-6,8-13H,2-3,7H2,1H3. The Morgan fingerprint density at radius 2 is 1.78 bits per heavy atom. The van der Waals surface area contributed by atoms with Crippen molar-refractivity contribution in [1.82, 2.24) is 10.1 Å². The number of hydrogen-bond donors (Lipinski definition) is 0. The van der Waals surface area contributed by atoms with Crippen molar-refractivity contribution < 1.29 is 9.32 Å². The molecule has 0 amide bonds. The summed E-state index contributed by atoms with van der Waals surface area (Å²) in [6.07, 6.45) is 3.34. The van der Waals surface area contributed by atoms with Gasteiger partial charge in [0.1, 0.15) is 0 Å². The van der Waals surface area contributed by atoms with Crippen LogP contribution in [0.5, 0.6) is 0 Å². The highest BCUT2D eigenvalue weighted by Crippen LogP contribution is 2.18. The molecule has 1 heterocycles. The van der Waals surface area contributed by atoms with Gasteiger partial charge in [-0.05, 0) is 30.5 Å². The van der Waals surface area contributed by atoms with Crippen LogP contribution in [0.4, 0.5) is 0 Å². The fourth-order valence-electron chi connectivity index (χ4n) is 2.35. The summed E-state index contributed by atoms with van der Waals surface area (Å²) in [7, 11) is 0. The molecule has 0 saturated carbocycles. The minimum atomic E-state index is -0.224. The summed E-state index contributed by atoms with van der Waals surface area (Å²) in [6, 6.07) is 17.0. The first-order chi connectivity index (χ1) is 11.3. The van der Waals surface area contributed by atoms with Gasteiger partial charge in [0.15, 0.2) is 0 Å². The highest BCUT2D eigenvalue weighted by molar-refractivity contribution is 6.06. The molecule has 0 atom stereocenters. The van der Waals surface area contributed by atoms with Crippen LogP contribution in [0.2, 0.25) is 0 Å². The number of ketones is 1. The van der Waals surface area contributed by atoms with E-state index in [0.29, 0.717) is 11.5 Å². The molecule has 3 aromatic rings. The van der Waals surface area contributed by atoms with E-state index in [1.165, 1.54) is 5.56 Å². The molecule has 0 fully saturated rings. The zero-order valence-corrected chi connectivity index (χ0v) is 13.0. The summed E-state index contributed by atoms with van der Waals surface area (Å²) in [5.74, 6) is 0.219. The summed E-state index contributed by atoms with van der Waals surface area (Å²) in [6.45, 7) is 2.17. The fraction of sp³-hybridized carbons (Fsp3) is 0.211. The van der Waals surface area contributed by atoms with E-state index in [4.69, 9.17) is 4.52 Å². The lowest BCUT2D eigenvalue weighted by Crippen LogP contribution is -2.03. The molecular weight excluding hydrogens is 288 g/mol. The second-order valence-electron chi connectivity index (χ2n) is 5.42. The van der Waals surface area contributed by atoms with E-state index in [0.717, 1.165) is 24.8 Å². The van der Waals surface area contributed by atoms with Gasteiger partial charge in [0.2, 0.25) is 11.6 Å². The van der Waals surface area contributed by atoms with Crippen molar-refractivity contribution in [2.75, 3.05) is 0 Å². The summed E-state index contributed by atoms with van der Waals surface area (Å²) < 4.78 is 5.19. The zero-order chi connectivity index (χ0) is 16.1. The molecule has 0 unspecified atom stereocenters. The number of carbonyl (C=O) groups is 1. The normalized spacial score (nSPS) is 10.7. The molecule has 0 aliphatic carbocycles. The maximum absolute atomic E-state index is 12.4. The van der Waals surface area contributed by atoms with E-state index in [-0.39, 0.29) is 11.6 Å². The van der Waals surface area contributed by atoms with Crippen molar-refractivity contribution in [2.24, 2.45) is 0 Å². The van der Waals surface area contributed by atoms with Crippen LogP contribution < -0.4 is 0 Å². The van der Waals surface area contributed by atoms with Gasteiger partial charge < -0.3 is 4.52 Å². The first-order valence-corrected chi connectivity index (χ1v) is 7.80. The van der Waals surface area contributed by atoms with Crippen molar-refractivity contribution in [3.05, 3.63) is 71.5 Å². The van der Waals surface area contributed by atoms with Gasteiger partial charge >= 0.3 is 0 Å². The summed E-state index contributed by atoms with van der Waals surface area (Å²) in [5.41, 5.74) is 2.61. The number of carbonyl (C=O) groups excluding carboxylic acids is 1. The summed E-state index contributed by atoms with van der Waals surface area (Å²) >= 11 is 0. The Hall–Kier alpha value is -2.75. The van der Waals surface area contributed by atoms with Crippen molar-refractivity contribution in [2.45, 2.75) is 26.2 Å². The third kappa shape index (κ3) is 3.54. The third-order valence-corrected chi connectivity index (χ3v) is 3.68. The van der Waals surface area contributed by atoms with Crippen LogP contribution in [0.3, 0.4) is 0 Å². The van der Waals surface area contributed by atoms with E-state index in [1.807, 2.05) is 54.6 Å². The minimum absolute atomic E-state index is 0.0881. The maximum atomic E-state index is 12.4. The maximum Gasteiger partial charge on any atom is 0.258 e. The van der Waals surface area contributed by atoms with Crippen molar-refractivity contribution in [3.63, 3.8) is 0 Å². The van der Waals surface area contributed by atoms with E-state index < -0.39 is 0 Å². The molecule has 3 rings (SSSR count). The highest BCUT2D eigenvalue weighted by Gasteiger charge is 2.17. The molecule has 4 nitrogen and oxygen atoms in total. The molecule has 1 aromatic heterocycles. The number of aromatic nitrogens is 2. The van der Waals surface area contributed by atoms with Crippen LogP contribution in [-0.4, -0.2) is 15.9 Å². The number of aryl methyl sites for hydroxylation is 1. The molecular formula is C19H18N2O2. The van der Waals surface area contributed by atoms with Crippen molar-refractivity contribution in [3.8, 4) is 11.5 Å². The lowest BCUT2D eigenvalue weighted by atomic mass is 10.0. The van der Waals surface area contributed by atoms with Gasteiger partial charge in [-0.1, -0.05) is 61.0 Å². The summed E-state index contributed by atoms with van der Waals surface area (Å²) in [5, 5.41) is 3.81. The van der Waals surface area contributed by atoms with Crippen LogP contribution in [0, 0.1) is 0 Å². The van der Waals surface area contributed by atoms with Gasteiger partial charge in [0.25, 0.3) is 5.89 Å². The van der Waals surface area contributed by atoms with E-state index >= 15 is 0 Å². The molecule has 4 heteroatoms. The molecule has 0 radical (unpaired) electrons. The molecule has 0 spiro atoms. The minimum Gasteiger partial charge on any atom is -0.333 e. The second kappa shape index (κ2) is 7.01. The predicted octanol–water partition coefficient (Wildman–Crippen LogP) is 4.31. The third-order valence-electron chi connectivity index (χ3n) is 3.68. The fourth-order valence-corrected chi connectivity index (χ4v) is 2.35. The van der Waals surface area contributed by atoms with Crippen molar-refractivity contribution >= 4 is 5.78 Å². The number of benzene rings is 2. The van der Waals surface area contributed by atoms with Gasteiger partial charge in [-0.3, -0.25) is 4.79 Å². The Morgan fingerprint density at radius 3 is 2.48 bits per heavy atom. The molecule has 23 heavy (non-hydrogen) atoms. The Balaban J connectivity index is 1.77. The zero-order valence-electron chi connectivity index (χ0n) is 13.0. The lowest BCUT2D eigenvalue weighted by Gasteiger charge is -2.01. The van der Waals surface area contributed by atoms with E-state index in [9.17, 15) is 4.79 Å². The summed E-state index contributed by atoms with van der Waals surface area (Å²) in [4.78, 5) is 16.6. The Kier molecular flexibility index (Phi) is 4.62. The van der Waals surface area contributed by atoms with Crippen LogP contribution in [0.1, 0.15) is 41.5 Å². The molecule has 0 bridgehead atoms. The van der Waals surface area contributed by atoms with Crippen LogP contribution in [0.25, 0.3) is 11.5 Å².